The number of halogens is 3. The van der Waals surface area contributed by atoms with Gasteiger partial charge in [0.05, 0.1) is 12.4 Å². The van der Waals surface area contributed by atoms with Crippen LogP contribution in [0, 0.1) is 5.92 Å². The number of carboxylic acid groups (broad SMARTS) is 1. The van der Waals surface area contributed by atoms with Crippen molar-refractivity contribution in [3.05, 3.63) is 22.4 Å². The van der Waals surface area contributed by atoms with Crippen LogP contribution >= 0.6 is 11.3 Å². The zero-order valence-electron chi connectivity index (χ0n) is 14.7. The van der Waals surface area contributed by atoms with Gasteiger partial charge in [-0.1, -0.05) is 0 Å². The maximum absolute atomic E-state index is 12.4. The van der Waals surface area contributed by atoms with Gasteiger partial charge in [0.15, 0.2) is 9.84 Å². The molecule has 2 fully saturated rings. The summed E-state index contributed by atoms with van der Waals surface area (Å²) in [5.74, 6) is -2.25. The van der Waals surface area contributed by atoms with Gasteiger partial charge in [-0.2, -0.15) is 24.5 Å². The number of aliphatic carboxylic acids is 1. The molecule has 1 aromatic heterocycles. The number of hydrogen-bond donors (Lipinski definition) is 1. The minimum Gasteiger partial charge on any atom is -0.475 e. The van der Waals surface area contributed by atoms with E-state index in [4.69, 9.17) is 14.6 Å². The van der Waals surface area contributed by atoms with Crippen molar-refractivity contribution in [1.29, 1.82) is 0 Å². The highest BCUT2D eigenvalue weighted by atomic mass is 32.2. The lowest BCUT2D eigenvalue weighted by atomic mass is 9.83. The number of sulfone groups is 1. The Bertz CT molecular complexity index is 728. The molecule has 0 radical (unpaired) electrons. The highest BCUT2D eigenvalue weighted by Gasteiger charge is 2.61. The summed E-state index contributed by atoms with van der Waals surface area (Å²) < 4.78 is 61.5. The SMILES string of the molecule is CCOCC1CCS(=O)(=O)C12CN(Cc1ccsc1)C2.O=C(O)C(F)(F)F. The van der Waals surface area contributed by atoms with Gasteiger partial charge in [-0.3, -0.25) is 4.90 Å². The summed E-state index contributed by atoms with van der Waals surface area (Å²) in [7, 11) is -2.96. The van der Waals surface area contributed by atoms with Crippen LogP contribution in [0.3, 0.4) is 0 Å². The van der Waals surface area contributed by atoms with Crippen LogP contribution in [0.15, 0.2) is 16.8 Å². The smallest absolute Gasteiger partial charge is 0.475 e. The zero-order valence-corrected chi connectivity index (χ0v) is 16.4. The van der Waals surface area contributed by atoms with E-state index in [9.17, 15) is 21.6 Å². The number of nitrogens with zero attached hydrogens (tertiary/aromatic N) is 1. The van der Waals surface area contributed by atoms with Crippen molar-refractivity contribution in [3.8, 4) is 0 Å². The van der Waals surface area contributed by atoms with E-state index in [-0.39, 0.29) is 5.92 Å². The number of ether oxygens (including phenoxy) is 1. The van der Waals surface area contributed by atoms with Crippen LogP contribution in [0.2, 0.25) is 0 Å². The lowest BCUT2D eigenvalue weighted by molar-refractivity contribution is -0.192. The Morgan fingerprint density at radius 3 is 2.56 bits per heavy atom. The molecule has 0 bridgehead atoms. The Balaban J connectivity index is 0.000000321. The number of thiophene rings is 1. The molecule has 6 nitrogen and oxygen atoms in total. The molecular weight excluding hydrogens is 407 g/mol. The van der Waals surface area contributed by atoms with E-state index in [0.29, 0.717) is 32.1 Å². The number of hydrogen-bond acceptors (Lipinski definition) is 6. The molecule has 2 aliphatic heterocycles. The van der Waals surface area contributed by atoms with Crippen LogP contribution in [0.25, 0.3) is 0 Å². The number of likely N-dealkylation sites (tertiary alicyclic amines) is 1. The average molecular weight is 429 g/mol. The molecule has 1 N–H and O–H groups in total. The third-order valence-corrected chi connectivity index (χ3v) is 8.17. The van der Waals surface area contributed by atoms with Crippen LogP contribution in [0.4, 0.5) is 13.2 Å². The first kappa shape index (κ1) is 22.1. The first-order chi connectivity index (χ1) is 12.5. The lowest BCUT2D eigenvalue weighted by Crippen LogP contribution is -2.67. The van der Waals surface area contributed by atoms with Gasteiger partial charge in [-0.05, 0) is 35.7 Å². The van der Waals surface area contributed by atoms with Gasteiger partial charge in [-0.15, -0.1) is 0 Å². The Hall–Kier alpha value is -1.17. The molecule has 1 spiro atoms. The summed E-state index contributed by atoms with van der Waals surface area (Å²) in [6.07, 6.45) is -4.32. The first-order valence-corrected chi connectivity index (χ1v) is 10.9. The van der Waals surface area contributed by atoms with Crippen LogP contribution in [0.1, 0.15) is 18.9 Å². The maximum atomic E-state index is 12.4. The summed E-state index contributed by atoms with van der Waals surface area (Å²) in [5, 5.41) is 11.3. The second-order valence-electron chi connectivity index (χ2n) is 6.61. The van der Waals surface area contributed by atoms with Gasteiger partial charge in [0.2, 0.25) is 0 Å². The van der Waals surface area contributed by atoms with Gasteiger partial charge in [-0.25, -0.2) is 13.2 Å². The van der Waals surface area contributed by atoms with Gasteiger partial charge in [0.25, 0.3) is 0 Å². The fraction of sp³-hybridized carbons (Fsp3) is 0.688. The van der Waals surface area contributed by atoms with Gasteiger partial charge in [0.1, 0.15) is 4.75 Å². The van der Waals surface area contributed by atoms with E-state index >= 15 is 0 Å². The number of rotatable bonds is 5. The Morgan fingerprint density at radius 2 is 2.07 bits per heavy atom. The molecule has 1 aromatic rings. The quantitative estimate of drug-likeness (QED) is 0.774. The zero-order chi connectivity index (χ0) is 20.3. The molecule has 27 heavy (non-hydrogen) atoms. The predicted octanol–water partition coefficient (Wildman–Crippen LogP) is 2.41. The van der Waals surface area contributed by atoms with E-state index in [1.54, 1.807) is 11.3 Å². The largest absolute Gasteiger partial charge is 0.490 e. The van der Waals surface area contributed by atoms with Gasteiger partial charge < -0.3 is 9.84 Å². The van der Waals surface area contributed by atoms with Crippen LogP contribution < -0.4 is 0 Å². The molecule has 0 amide bonds. The molecule has 154 valence electrons. The average Bonchev–Trinajstić information content (AvgIpc) is 3.12. The van der Waals surface area contributed by atoms with E-state index in [0.717, 1.165) is 13.0 Å². The normalized spacial score (nSPS) is 23.5. The highest BCUT2D eigenvalue weighted by Crippen LogP contribution is 2.45. The predicted molar refractivity (Wildman–Crippen MR) is 94.4 cm³/mol. The van der Waals surface area contributed by atoms with E-state index in [1.807, 2.05) is 6.92 Å². The fourth-order valence-corrected chi connectivity index (χ4v) is 6.54. The summed E-state index contributed by atoms with van der Waals surface area (Å²) in [6.45, 7) is 5.40. The summed E-state index contributed by atoms with van der Waals surface area (Å²) in [6, 6.07) is 2.11. The minimum atomic E-state index is -5.08. The highest BCUT2D eigenvalue weighted by molar-refractivity contribution is 7.93. The van der Waals surface area contributed by atoms with Crippen molar-refractivity contribution in [2.75, 3.05) is 32.1 Å². The van der Waals surface area contributed by atoms with Crippen molar-refractivity contribution in [2.45, 2.75) is 30.8 Å². The molecule has 3 heterocycles. The lowest BCUT2D eigenvalue weighted by Gasteiger charge is -2.50. The number of carboxylic acids is 1. The molecule has 2 saturated heterocycles. The molecule has 2 aliphatic rings. The Kier molecular flexibility index (Phi) is 6.93. The standard InChI is InChI=1S/C14H21NO3S2.C2HF3O2/c1-2-18-8-13-4-6-20(16,17)14(13)10-15(11-14)7-12-3-5-19-9-12;3-2(4,5)1(6)7/h3,5,9,13H,2,4,6-8,10-11H2,1H3;(H,6,7). The fourth-order valence-electron chi connectivity index (χ4n) is 3.43. The molecular formula is C16H22F3NO5S2. The van der Waals surface area contributed by atoms with Crippen molar-refractivity contribution in [1.82, 2.24) is 4.90 Å². The summed E-state index contributed by atoms with van der Waals surface area (Å²) in [5.41, 5.74) is 1.28. The summed E-state index contributed by atoms with van der Waals surface area (Å²) >= 11 is 1.69. The van der Waals surface area contributed by atoms with Crippen molar-refractivity contribution < 1.29 is 36.2 Å². The third-order valence-electron chi connectivity index (χ3n) is 4.83. The van der Waals surface area contributed by atoms with Gasteiger partial charge >= 0.3 is 12.1 Å². The monoisotopic (exact) mass is 429 g/mol. The molecule has 1 atom stereocenters. The summed E-state index contributed by atoms with van der Waals surface area (Å²) in [4.78, 5) is 11.1. The Morgan fingerprint density at radius 1 is 1.44 bits per heavy atom. The minimum absolute atomic E-state index is 0.172. The molecule has 0 aromatic carbocycles. The molecule has 11 heteroatoms. The van der Waals surface area contributed by atoms with Crippen molar-refractivity contribution >= 4 is 27.1 Å². The maximum Gasteiger partial charge on any atom is 0.490 e. The van der Waals surface area contributed by atoms with E-state index < -0.39 is 26.7 Å². The molecule has 0 aliphatic carbocycles. The molecule has 1 unspecified atom stereocenters. The van der Waals surface area contributed by atoms with Crippen molar-refractivity contribution in [2.24, 2.45) is 5.92 Å². The first-order valence-electron chi connectivity index (χ1n) is 8.35. The Labute approximate surface area is 159 Å². The molecule has 0 saturated carbocycles. The van der Waals surface area contributed by atoms with Crippen LogP contribution in [-0.2, 0) is 25.9 Å². The van der Waals surface area contributed by atoms with Gasteiger partial charge in [0, 0.05) is 32.2 Å². The van der Waals surface area contributed by atoms with Crippen LogP contribution in [-0.4, -0.2) is 67.4 Å². The topological polar surface area (TPSA) is 83.9 Å². The second kappa shape index (κ2) is 8.46. The number of alkyl halides is 3. The van der Waals surface area contributed by atoms with Crippen molar-refractivity contribution in [3.63, 3.8) is 0 Å². The van der Waals surface area contributed by atoms with E-state index in [1.165, 1.54) is 5.56 Å². The third kappa shape index (κ3) is 5.01. The van der Waals surface area contributed by atoms with Crippen LogP contribution in [0.5, 0.6) is 0 Å². The number of carbonyl (C=O) groups is 1. The molecule has 3 rings (SSSR count). The second-order valence-corrected chi connectivity index (χ2v) is 9.84. The van der Waals surface area contributed by atoms with E-state index in [2.05, 4.69) is 21.7 Å².